The second-order valence-corrected chi connectivity index (χ2v) is 4.18. The Bertz CT molecular complexity index is 450. The van der Waals surface area contributed by atoms with Gasteiger partial charge >= 0.3 is 11.9 Å². The molecule has 18 heavy (non-hydrogen) atoms. The second kappa shape index (κ2) is 5.44. The van der Waals surface area contributed by atoms with Crippen LogP contribution in [0.25, 0.3) is 0 Å². The van der Waals surface area contributed by atoms with Crippen molar-refractivity contribution in [2.24, 2.45) is 5.41 Å². The standard InChI is InChI=1S/C13H14O5/c1-9(14)13(12(17)18,8-11(15)16)7-10-5-3-2-4-6-10/h2-6H,7-8H2,1H3,(H,15,16)(H,17,18). The SMILES string of the molecule is CC(=O)C(CC(=O)O)(Cc1ccccc1)C(=O)O. The van der Waals surface area contributed by atoms with Crippen molar-refractivity contribution in [3.05, 3.63) is 35.9 Å². The van der Waals surface area contributed by atoms with Gasteiger partial charge in [0.2, 0.25) is 0 Å². The number of carboxylic acids is 2. The third kappa shape index (κ3) is 2.94. The summed E-state index contributed by atoms with van der Waals surface area (Å²) in [5.74, 6) is -3.36. The van der Waals surface area contributed by atoms with Gasteiger partial charge in [-0.25, -0.2) is 0 Å². The molecule has 1 rings (SSSR count). The first kappa shape index (κ1) is 13.9. The molecule has 1 aromatic carbocycles. The molecule has 1 atom stereocenters. The molecule has 0 aliphatic heterocycles. The number of carbonyl (C=O) groups is 3. The quantitative estimate of drug-likeness (QED) is 0.744. The van der Waals surface area contributed by atoms with E-state index in [1.165, 1.54) is 0 Å². The van der Waals surface area contributed by atoms with Crippen LogP contribution >= 0.6 is 0 Å². The minimum Gasteiger partial charge on any atom is -0.481 e. The Morgan fingerprint density at radius 1 is 1.11 bits per heavy atom. The maximum Gasteiger partial charge on any atom is 0.318 e. The van der Waals surface area contributed by atoms with E-state index in [9.17, 15) is 19.5 Å². The molecule has 96 valence electrons. The molecule has 0 radical (unpaired) electrons. The predicted octanol–water partition coefficient (Wildman–Crippen LogP) is 1.36. The summed E-state index contributed by atoms with van der Waals surface area (Å²) >= 11 is 0. The fourth-order valence-electron chi connectivity index (χ4n) is 1.82. The lowest BCUT2D eigenvalue weighted by Crippen LogP contribution is -2.42. The van der Waals surface area contributed by atoms with Crippen LogP contribution in [0.4, 0.5) is 0 Å². The van der Waals surface area contributed by atoms with Gasteiger partial charge in [0.25, 0.3) is 0 Å². The zero-order valence-electron chi connectivity index (χ0n) is 9.92. The summed E-state index contributed by atoms with van der Waals surface area (Å²) in [7, 11) is 0. The summed E-state index contributed by atoms with van der Waals surface area (Å²) < 4.78 is 0. The lowest BCUT2D eigenvalue weighted by Gasteiger charge is -2.24. The van der Waals surface area contributed by atoms with Gasteiger partial charge in [0.1, 0.15) is 11.2 Å². The number of ketones is 1. The van der Waals surface area contributed by atoms with E-state index in [0.29, 0.717) is 5.56 Å². The maximum atomic E-state index is 11.6. The summed E-state index contributed by atoms with van der Waals surface area (Å²) in [5, 5.41) is 18.0. The Labute approximate surface area is 104 Å². The highest BCUT2D eigenvalue weighted by molar-refractivity contribution is 6.04. The van der Waals surface area contributed by atoms with Crippen molar-refractivity contribution >= 4 is 17.7 Å². The Kier molecular flexibility index (Phi) is 4.20. The molecule has 0 aliphatic rings. The molecule has 0 heterocycles. The number of hydrogen-bond acceptors (Lipinski definition) is 3. The van der Waals surface area contributed by atoms with Crippen LogP contribution in [0.3, 0.4) is 0 Å². The Hall–Kier alpha value is -2.17. The smallest absolute Gasteiger partial charge is 0.318 e. The highest BCUT2D eigenvalue weighted by Gasteiger charge is 2.45. The fraction of sp³-hybridized carbons (Fsp3) is 0.308. The van der Waals surface area contributed by atoms with Gasteiger partial charge in [0, 0.05) is 0 Å². The minimum atomic E-state index is -1.90. The van der Waals surface area contributed by atoms with Gasteiger partial charge in [-0.3, -0.25) is 14.4 Å². The number of carboxylic acid groups (broad SMARTS) is 2. The molecule has 0 bridgehead atoms. The number of carbonyl (C=O) groups excluding carboxylic acids is 1. The van der Waals surface area contributed by atoms with Crippen LogP contribution in [0.15, 0.2) is 30.3 Å². The van der Waals surface area contributed by atoms with E-state index in [4.69, 9.17) is 5.11 Å². The second-order valence-electron chi connectivity index (χ2n) is 4.18. The zero-order valence-corrected chi connectivity index (χ0v) is 9.92. The monoisotopic (exact) mass is 250 g/mol. The molecular formula is C13H14O5. The number of rotatable bonds is 6. The van der Waals surface area contributed by atoms with Crippen LogP contribution in [-0.4, -0.2) is 27.9 Å². The molecule has 0 fully saturated rings. The Morgan fingerprint density at radius 3 is 2.06 bits per heavy atom. The zero-order chi connectivity index (χ0) is 13.8. The van der Waals surface area contributed by atoms with E-state index in [0.717, 1.165) is 6.92 Å². The molecule has 0 amide bonds. The normalized spacial score (nSPS) is 13.6. The van der Waals surface area contributed by atoms with Gasteiger partial charge in [0.05, 0.1) is 6.42 Å². The van der Waals surface area contributed by atoms with E-state index in [2.05, 4.69) is 0 Å². The van der Waals surface area contributed by atoms with Crippen LogP contribution in [0.1, 0.15) is 18.9 Å². The van der Waals surface area contributed by atoms with Crippen molar-refractivity contribution in [3.63, 3.8) is 0 Å². The van der Waals surface area contributed by atoms with Gasteiger partial charge in [-0.2, -0.15) is 0 Å². The molecular weight excluding hydrogens is 236 g/mol. The van der Waals surface area contributed by atoms with Crippen LogP contribution in [-0.2, 0) is 20.8 Å². The Balaban J connectivity index is 3.14. The number of aliphatic carboxylic acids is 2. The van der Waals surface area contributed by atoms with E-state index in [1.54, 1.807) is 30.3 Å². The lowest BCUT2D eigenvalue weighted by atomic mass is 9.75. The molecule has 0 saturated carbocycles. The van der Waals surface area contributed by atoms with Crippen LogP contribution in [0, 0.1) is 5.41 Å². The van der Waals surface area contributed by atoms with Crippen molar-refractivity contribution in [3.8, 4) is 0 Å². The van der Waals surface area contributed by atoms with Crippen LogP contribution < -0.4 is 0 Å². The lowest BCUT2D eigenvalue weighted by molar-refractivity contribution is -0.160. The van der Waals surface area contributed by atoms with Crippen molar-refractivity contribution in [2.75, 3.05) is 0 Å². The molecule has 2 N–H and O–H groups in total. The molecule has 1 unspecified atom stereocenters. The first-order valence-electron chi connectivity index (χ1n) is 5.38. The summed E-state index contributed by atoms with van der Waals surface area (Å²) in [6.07, 6.45) is -0.836. The number of hydrogen-bond donors (Lipinski definition) is 2. The summed E-state index contributed by atoms with van der Waals surface area (Å²) in [4.78, 5) is 33.7. The van der Waals surface area contributed by atoms with E-state index >= 15 is 0 Å². The molecule has 0 aliphatic carbocycles. The minimum absolute atomic E-state index is 0.120. The molecule has 5 nitrogen and oxygen atoms in total. The van der Waals surface area contributed by atoms with Crippen molar-refractivity contribution in [1.29, 1.82) is 0 Å². The van der Waals surface area contributed by atoms with Gasteiger partial charge < -0.3 is 10.2 Å². The highest BCUT2D eigenvalue weighted by atomic mass is 16.4. The van der Waals surface area contributed by atoms with Crippen molar-refractivity contribution < 1.29 is 24.6 Å². The average molecular weight is 250 g/mol. The summed E-state index contributed by atoms with van der Waals surface area (Å²) in [5.41, 5.74) is -1.27. The van der Waals surface area contributed by atoms with Crippen LogP contribution in [0.5, 0.6) is 0 Å². The molecule has 0 saturated heterocycles. The van der Waals surface area contributed by atoms with E-state index in [1.807, 2.05) is 0 Å². The highest BCUT2D eigenvalue weighted by Crippen LogP contribution is 2.29. The van der Waals surface area contributed by atoms with Gasteiger partial charge in [-0.05, 0) is 18.9 Å². The molecule has 0 spiro atoms. The third-order valence-electron chi connectivity index (χ3n) is 2.89. The van der Waals surface area contributed by atoms with E-state index in [-0.39, 0.29) is 6.42 Å². The van der Waals surface area contributed by atoms with Gasteiger partial charge in [-0.15, -0.1) is 0 Å². The van der Waals surface area contributed by atoms with Crippen molar-refractivity contribution in [2.45, 2.75) is 19.8 Å². The molecule has 5 heteroatoms. The number of benzene rings is 1. The van der Waals surface area contributed by atoms with Gasteiger partial charge in [0.15, 0.2) is 0 Å². The first-order chi connectivity index (χ1) is 8.38. The number of Topliss-reactive ketones (excluding diaryl/α,β-unsaturated/α-hetero) is 1. The first-order valence-corrected chi connectivity index (χ1v) is 5.38. The maximum absolute atomic E-state index is 11.6. The van der Waals surface area contributed by atoms with Crippen molar-refractivity contribution in [1.82, 2.24) is 0 Å². The largest absolute Gasteiger partial charge is 0.481 e. The molecule has 1 aromatic rings. The fourth-order valence-corrected chi connectivity index (χ4v) is 1.82. The third-order valence-corrected chi connectivity index (χ3v) is 2.89. The van der Waals surface area contributed by atoms with Gasteiger partial charge in [-0.1, -0.05) is 30.3 Å². The summed E-state index contributed by atoms with van der Waals surface area (Å²) in [6, 6.07) is 8.52. The Morgan fingerprint density at radius 2 is 1.67 bits per heavy atom. The molecule has 0 aromatic heterocycles. The summed E-state index contributed by atoms with van der Waals surface area (Å²) in [6.45, 7) is 1.11. The topological polar surface area (TPSA) is 91.7 Å². The van der Waals surface area contributed by atoms with E-state index < -0.39 is 29.6 Å². The average Bonchev–Trinajstić information content (AvgIpc) is 2.28. The predicted molar refractivity (Wildman–Crippen MR) is 63.1 cm³/mol. The van der Waals surface area contributed by atoms with Crippen LogP contribution in [0.2, 0.25) is 0 Å².